The largest absolute Gasteiger partial charge is 0.364 e. The van der Waals surface area contributed by atoms with Crippen molar-refractivity contribution < 1.29 is 0 Å². The van der Waals surface area contributed by atoms with Gasteiger partial charge in [0.15, 0.2) is 17.3 Å². The van der Waals surface area contributed by atoms with Crippen LogP contribution in [-0.4, -0.2) is 19.5 Å². The normalized spacial score (nSPS) is 10.8. The molecule has 5 nitrogen and oxygen atoms in total. The van der Waals surface area contributed by atoms with Gasteiger partial charge in [-0.2, -0.15) is 0 Å². The lowest BCUT2D eigenvalue weighted by Gasteiger charge is -2.12. The van der Waals surface area contributed by atoms with E-state index in [4.69, 9.17) is 0 Å². The number of hydrogen-bond donors (Lipinski definition) is 1. The molecule has 0 atom stereocenters. The lowest BCUT2D eigenvalue weighted by molar-refractivity contribution is 0.725. The molecule has 1 aromatic rings. The van der Waals surface area contributed by atoms with Crippen LogP contribution >= 0.6 is 12.4 Å². The van der Waals surface area contributed by atoms with Gasteiger partial charge in [0.05, 0.1) is 6.33 Å². The summed E-state index contributed by atoms with van der Waals surface area (Å²) in [5.41, 5.74) is 2.07. The van der Waals surface area contributed by atoms with Crippen LogP contribution in [0.1, 0.15) is 38.1 Å². The topological polar surface area (TPSA) is 55.6 Å². The van der Waals surface area contributed by atoms with E-state index < -0.39 is 0 Å². The smallest absolute Gasteiger partial charge is 0.165 e. The molecule has 3 rings (SSSR count). The molecule has 1 N–H and O–H groups in total. The Morgan fingerprint density at radius 1 is 1.13 bits per heavy atom. The molecule has 0 saturated carbocycles. The maximum Gasteiger partial charge on any atom is 0.165 e. The average Bonchev–Trinajstić information content (AvgIpc) is 2.99. The third-order valence-corrected chi connectivity index (χ3v) is 3.64. The Kier molecular flexibility index (Phi) is 5.55. The van der Waals surface area contributed by atoms with Crippen molar-refractivity contribution in [3.8, 4) is 11.5 Å². The van der Waals surface area contributed by atoms with Gasteiger partial charge in [0, 0.05) is 19.0 Å². The summed E-state index contributed by atoms with van der Waals surface area (Å²) in [4.78, 5) is 13.9. The van der Waals surface area contributed by atoms with Crippen molar-refractivity contribution in [3.05, 3.63) is 48.0 Å². The number of anilines is 1. The Morgan fingerprint density at radius 2 is 1.87 bits per heavy atom. The molecule has 0 bridgehead atoms. The maximum absolute atomic E-state index is 4.68. The predicted octanol–water partition coefficient (Wildman–Crippen LogP) is 3.96. The standard InChI is InChI=1S/C17H21N5.ClH/c1-4-22-11-19-16(18-10-13-8-6-5-7-9-13)14-17(22)21-15(20-14)12(2)3;/h5-9,11-12,18H,4,10H2,1-3H3;1H. The van der Waals surface area contributed by atoms with Gasteiger partial charge in [-0.1, -0.05) is 44.2 Å². The van der Waals surface area contributed by atoms with Crippen molar-refractivity contribution in [3.63, 3.8) is 0 Å². The van der Waals surface area contributed by atoms with Gasteiger partial charge in [0.2, 0.25) is 0 Å². The second-order valence-electron chi connectivity index (χ2n) is 5.63. The molecule has 2 aliphatic rings. The first kappa shape index (κ1) is 17.2. The second kappa shape index (κ2) is 7.42. The first-order valence-corrected chi connectivity index (χ1v) is 7.69. The van der Waals surface area contributed by atoms with Crippen LogP contribution in [0, 0.1) is 0 Å². The van der Waals surface area contributed by atoms with Crippen molar-refractivity contribution in [2.24, 2.45) is 0 Å². The van der Waals surface area contributed by atoms with Crippen molar-refractivity contribution in [1.82, 2.24) is 19.5 Å². The Labute approximate surface area is 142 Å². The summed E-state index contributed by atoms with van der Waals surface area (Å²) in [5.74, 6) is 2.87. The first-order valence-electron chi connectivity index (χ1n) is 7.69. The minimum absolute atomic E-state index is 0. The van der Waals surface area contributed by atoms with E-state index in [-0.39, 0.29) is 12.4 Å². The lowest BCUT2D eigenvalue weighted by atomic mass is 10.2. The minimum Gasteiger partial charge on any atom is -0.364 e. The van der Waals surface area contributed by atoms with E-state index in [0.29, 0.717) is 5.92 Å². The third kappa shape index (κ3) is 3.62. The Hall–Kier alpha value is -2.14. The van der Waals surface area contributed by atoms with Gasteiger partial charge in [-0.25, -0.2) is 15.0 Å². The number of halogens is 1. The number of aryl methyl sites for hydroxylation is 1. The summed E-state index contributed by atoms with van der Waals surface area (Å²) in [5, 5.41) is 3.38. The zero-order valence-electron chi connectivity index (χ0n) is 13.7. The molecule has 0 aromatic heterocycles. The fourth-order valence-corrected chi connectivity index (χ4v) is 2.35. The van der Waals surface area contributed by atoms with E-state index in [2.05, 4.69) is 53.2 Å². The summed E-state index contributed by atoms with van der Waals surface area (Å²) in [6.07, 6.45) is 1.83. The maximum atomic E-state index is 4.68. The number of hydrogen-bond acceptors (Lipinski definition) is 4. The zero-order chi connectivity index (χ0) is 15.5. The zero-order valence-corrected chi connectivity index (χ0v) is 14.5. The molecular formula is C17H22ClN5. The highest BCUT2D eigenvalue weighted by atomic mass is 35.5. The Morgan fingerprint density at radius 3 is 2.52 bits per heavy atom. The van der Waals surface area contributed by atoms with Gasteiger partial charge in [-0.15, -0.1) is 12.4 Å². The van der Waals surface area contributed by atoms with Gasteiger partial charge in [0.25, 0.3) is 0 Å². The molecule has 0 amide bonds. The predicted molar refractivity (Wildman–Crippen MR) is 95.2 cm³/mol. The fourth-order valence-electron chi connectivity index (χ4n) is 2.35. The highest BCUT2D eigenvalue weighted by Crippen LogP contribution is 2.28. The monoisotopic (exact) mass is 331 g/mol. The molecule has 6 heteroatoms. The van der Waals surface area contributed by atoms with Gasteiger partial charge < -0.3 is 9.88 Å². The van der Waals surface area contributed by atoms with Crippen molar-refractivity contribution in [2.45, 2.75) is 39.8 Å². The van der Waals surface area contributed by atoms with Crippen molar-refractivity contribution >= 4 is 18.2 Å². The minimum atomic E-state index is 0. The lowest BCUT2D eigenvalue weighted by Crippen LogP contribution is -2.09. The molecule has 0 saturated heterocycles. The molecular weight excluding hydrogens is 310 g/mol. The van der Waals surface area contributed by atoms with E-state index in [1.54, 1.807) is 0 Å². The summed E-state index contributed by atoms with van der Waals surface area (Å²) in [6.45, 7) is 7.85. The number of rotatable bonds is 5. The van der Waals surface area contributed by atoms with Gasteiger partial charge in [-0.3, -0.25) is 0 Å². The van der Waals surface area contributed by atoms with Crippen LogP contribution in [0.5, 0.6) is 0 Å². The Balaban J connectivity index is 0.00000192. The van der Waals surface area contributed by atoms with E-state index in [0.717, 1.165) is 36.3 Å². The number of nitrogens with one attached hydrogen (secondary N) is 1. The summed E-state index contributed by atoms with van der Waals surface area (Å²) >= 11 is 0. The number of fused-ring (bicyclic) bond motifs is 1. The summed E-state index contributed by atoms with van der Waals surface area (Å²) < 4.78 is 2.03. The molecule has 122 valence electrons. The van der Waals surface area contributed by atoms with E-state index >= 15 is 0 Å². The summed E-state index contributed by atoms with van der Waals surface area (Å²) in [6, 6.07) is 10.3. The van der Waals surface area contributed by atoms with Gasteiger partial charge >= 0.3 is 0 Å². The molecule has 0 radical (unpaired) electrons. The van der Waals surface area contributed by atoms with E-state index in [9.17, 15) is 0 Å². The average molecular weight is 332 g/mol. The molecule has 23 heavy (non-hydrogen) atoms. The molecule has 0 fully saturated rings. The molecule has 0 unspecified atom stereocenters. The number of nitrogens with zero attached hydrogens (tertiary/aromatic N) is 4. The first-order chi connectivity index (χ1) is 10.7. The van der Waals surface area contributed by atoms with Crippen LogP contribution in [0.4, 0.5) is 5.82 Å². The highest BCUT2D eigenvalue weighted by Gasteiger charge is 2.20. The quantitative estimate of drug-likeness (QED) is 0.769. The number of aromatic nitrogens is 4. The summed E-state index contributed by atoms with van der Waals surface area (Å²) in [7, 11) is 0. The van der Waals surface area contributed by atoms with Crippen molar-refractivity contribution in [1.29, 1.82) is 0 Å². The van der Waals surface area contributed by atoms with Crippen LogP contribution in [0.3, 0.4) is 0 Å². The van der Waals surface area contributed by atoms with Crippen LogP contribution in [-0.2, 0) is 13.1 Å². The van der Waals surface area contributed by atoms with E-state index in [1.807, 2.05) is 29.1 Å². The molecule has 0 aliphatic carbocycles. The van der Waals surface area contributed by atoms with Crippen molar-refractivity contribution in [2.75, 3.05) is 5.32 Å². The highest BCUT2D eigenvalue weighted by molar-refractivity contribution is 5.85. The van der Waals surface area contributed by atoms with Crippen LogP contribution in [0.15, 0.2) is 36.7 Å². The van der Waals surface area contributed by atoms with Gasteiger partial charge in [-0.05, 0) is 12.5 Å². The Bertz CT molecular complexity index is 723. The third-order valence-electron chi connectivity index (χ3n) is 3.64. The van der Waals surface area contributed by atoms with E-state index in [1.165, 1.54) is 5.56 Å². The molecule has 0 spiro atoms. The molecule has 1 aromatic carbocycles. The van der Waals surface area contributed by atoms with Crippen LogP contribution < -0.4 is 5.32 Å². The molecule has 2 heterocycles. The van der Waals surface area contributed by atoms with Crippen LogP contribution in [0.25, 0.3) is 11.5 Å². The fraction of sp³-hybridized carbons (Fsp3) is 0.353. The second-order valence-corrected chi connectivity index (χ2v) is 5.63. The molecule has 2 aliphatic heterocycles. The number of imidazole rings is 1. The van der Waals surface area contributed by atoms with Gasteiger partial charge in [0.1, 0.15) is 5.82 Å². The SMILES string of the molecule is CCn1cnc(NCc2ccccc2)c2nc(C(C)C)nc1-2.Cl. The number of benzene rings is 1. The van der Waals surface area contributed by atoms with Crippen LogP contribution in [0.2, 0.25) is 0 Å².